The molecule has 0 spiro atoms. The largest absolute Gasteiger partial charge is 0.443 e. The van der Waals surface area contributed by atoms with Crippen molar-refractivity contribution >= 4 is 42.3 Å². The second-order valence-electron chi connectivity index (χ2n) is 20.8. The number of carbonyl (C=O) groups is 2. The van der Waals surface area contributed by atoms with Gasteiger partial charge in [0.15, 0.2) is 5.65 Å². The lowest BCUT2D eigenvalue weighted by Crippen LogP contribution is -2.46. The summed E-state index contributed by atoms with van der Waals surface area (Å²) < 4.78 is 15.7. The van der Waals surface area contributed by atoms with Crippen LogP contribution in [0.15, 0.2) is 49.1 Å². The number of nitrogens with zero attached hydrogens (tertiary/aromatic N) is 6. The van der Waals surface area contributed by atoms with Crippen LogP contribution in [-0.2, 0) is 32.8 Å². The van der Waals surface area contributed by atoms with E-state index in [0.717, 1.165) is 74.7 Å². The summed E-state index contributed by atoms with van der Waals surface area (Å²) in [6, 6.07) is 11.7. The molecule has 4 heterocycles. The fraction of sp³-hybridized carbons (Fsp3) is 0.571. The van der Waals surface area contributed by atoms with E-state index < -0.39 is 25.2 Å². The molecule has 0 aliphatic rings. The van der Waals surface area contributed by atoms with E-state index in [1.54, 1.807) is 10.8 Å². The third-order valence-electron chi connectivity index (χ3n) is 10.9. The van der Waals surface area contributed by atoms with E-state index in [2.05, 4.69) is 109 Å². The minimum Gasteiger partial charge on any atom is -0.443 e. The van der Waals surface area contributed by atoms with Crippen LogP contribution < -0.4 is 5.32 Å². The molecular weight excluding hydrogens is 779 g/mol. The molecule has 0 fully saturated rings. The van der Waals surface area contributed by atoms with Gasteiger partial charge in [-0.3, -0.25) is 9.36 Å². The second-order valence-corrected chi connectivity index (χ2v) is 26.4. The Kier molecular flexibility index (Phi) is 15.1. The quantitative estimate of drug-likeness (QED) is 0.0684. The highest BCUT2D eigenvalue weighted by atomic mass is 28.3. The van der Waals surface area contributed by atoms with Crippen molar-refractivity contribution in [3.05, 3.63) is 76.9 Å². The highest BCUT2D eigenvalue weighted by molar-refractivity contribution is 6.76. The number of ether oxygens (including phenoxy) is 2. The minimum atomic E-state index is -1.16. The Morgan fingerprint density at radius 2 is 1.49 bits per heavy atom. The van der Waals surface area contributed by atoms with Gasteiger partial charge in [-0.1, -0.05) is 71.5 Å². The van der Waals surface area contributed by atoms with Crippen molar-refractivity contribution in [1.82, 2.24) is 34.3 Å². The zero-order valence-electron chi connectivity index (χ0n) is 39.8. The molecule has 61 heavy (non-hydrogen) atoms. The molecule has 0 saturated heterocycles. The average molecular weight is 852 g/mol. The summed E-state index contributed by atoms with van der Waals surface area (Å²) in [5.74, 6) is 0.663. The van der Waals surface area contributed by atoms with Gasteiger partial charge in [-0.05, 0) is 132 Å². The molecule has 11 nitrogen and oxygen atoms in total. The minimum absolute atomic E-state index is 0.0616. The Morgan fingerprint density at radius 1 is 0.852 bits per heavy atom. The van der Waals surface area contributed by atoms with E-state index in [1.807, 2.05) is 56.6 Å². The second kappa shape index (κ2) is 19.3. The molecule has 5 rings (SSSR count). The first-order valence-corrected chi connectivity index (χ1v) is 25.9. The zero-order valence-corrected chi connectivity index (χ0v) is 40.8. The summed E-state index contributed by atoms with van der Waals surface area (Å²) >= 11 is 0. The van der Waals surface area contributed by atoms with E-state index in [1.165, 1.54) is 0 Å². The molecule has 0 aliphatic carbocycles. The molecule has 332 valence electrons. The summed E-state index contributed by atoms with van der Waals surface area (Å²) in [5.41, 5.74) is 7.33. The monoisotopic (exact) mass is 852 g/mol. The van der Waals surface area contributed by atoms with Gasteiger partial charge >= 0.3 is 6.09 Å². The zero-order chi connectivity index (χ0) is 45.0. The maximum absolute atomic E-state index is 14.5. The standard InChI is InChI=1S/C49H73N7O4Si/c1-32(2)28-54(29-33(3)4)46(57)49(11,12)39-24-40-42(43(38-21-34(5)20-35(6)22-38)56(44(40)52-27-39)47(58)60-48(8,9)10)36(7)25-50-17-16-37-23-41-45(51-26-37)55(30-53-41)31-59-18-19-61(13,14)15/h20-24,26-27,30,32-33,36,50H,16-19,25,28-29,31H2,1-15H3. The van der Waals surface area contributed by atoms with Gasteiger partial charge in [-0.25, -0.2) is 24.3 Å². The molecule has 0 radical (unpaired) electrons. The fourth-order valence-corrected chi connectivity index (χ4v) is 8.72. The maximum Gasteiger partial charge on any atom is 0.420 e. The number of hydrogen-bond acceptors (Lipinski definition) is 8. The maximum atomic E-state index is 14.5. The third-order valence-corrected chi connectivity index (χ3v) is 12.6. The van der Waals surface area contributed by atoms with Crippen molar-refractivity contribution in [3.63, 3.8) is 0 Å². The van der Waals surface area contributed by atoms with Crippen LogP contribution in [0.5, 0.6) is 0 Å². The predicted octanol–water partition coefficient (Wildman–Crippen LogP) is 10.5. The molecule has 12 heteroatoms. The van der Waals surface area contributed by atoms with Crippen LogP contribution in [-0.4, -0.2) is 87.4 Å². The van der Waals surface area contributed by atoms with E-state index in [-0.39, 0.29) is 11.8 Å². The molecule has 1 aromatic carbocycles. The van der Waals surface area contributed by atoms with E-state index in [0.29, 0.717) is 50.4 Å². The normalized spacial score (nSPS) is 13.2. The Morgan fingerprint density at radius 3 is 2.10 bits per heavy atom. The Labute approximate surface area is 366 Å². The smallest absolute Gasteiger partial charge is 0.420 e. The fourth-order valence-electron chi connectivity index (χ4n) is 7.97. The number of hydrogen-bond donors (Lipinski definition) is 1. The lowest BCUT2D eigenvalue weighted by atomic mass is 9.82. The Bertz CT molecular complexity index is 2280. The molecule has 1 N–H and O–H groups in total. The van der Waals surface area contributed by atoms with E-state index in [9.17, 15) is 9.59 Å². The average Bonchev–Trinajstić information content (AvgIpc) is 3.71. The van der Waals surface area contributed by atoms with Crippen molar-refractivity contribution in [2.75, 3.05) is 32.8 Å². The number of amides is 1. The van der Waals surface area contributed by atoms with E-state index in [4.69, 9.17) is 19.4 Å². The van der Waals surface area contributed by atoms with E-state index >= 15 is 0 Å². The number of rotatable bonds is 18. The van der Waals surface area contributed by atoms with Gasteiger partial charge in [0.2, 0.25) is 5.91 Å². The third kappa shape index (κ3) is 12.2. The first-order chi connectivity index (χ1) is 28.4. The number of pyridine rings is 2. The highest BCUT2D eigenvalue weighted by Crippen LogP contribution is 2.41. The highest BCUT2D eigenvalue weighted by Gasteiger charge is 2.37. The Balaban J connectivity index is 1.50. The van der Waals surface area contributed by atoms with Gasteiger partial charge < -0.3 is 19.7 Å². The molecule has 0 aliphatic heterocycles. The van der Waals surface area contributed by atoms with Gasteiger partial charge in [-0.15, -0.1) is 0 Å². The molecule has 0 saturated carbocycles. The van der Waals surface area contributed by atoms with Crippen LogP contribution in [0, 0.1) is 25.7 Å². The summed E-state index contributed by atoms with van der Waals surface area (Å²) in [7, 11) is -1.16. The van der Waals surface area contributed by atoms with Crippen LogP contribution in [0.4, 0.5) is 4.79 Å². The first kappa shape index (κ1) is 47.7. The van der Waals surface area contributed by atoms with Crippen LogP contribution in [0.2, 0.25) is 25.7 Å². The van der Waals surface area contributed by atoms with Crippen LogP contribution >= 0.6 is 0 Å². The summed E-state index contributed by atoms with van der Waals surface area (Å²) in [6.45, 7) is 35.5. The lowest BCUT2D eigenvalue weighted by molar-refractivity contribution is -0.137. The Hall–Kier alpha value is -4.39. The number of imidazole rings is 1. The number of benzene rings is 1. The van der Waals surface area contributed by atoms with Crippen LogP contribution in [0.3, 0.4) is 0 Å². The van der Waals surface area contributed by atoms with Crippen LogP contribution in [0.25, 0.3) is 33.5 Å². The number of carbonyl (C=O) groups excluding carboxylic acids is 2. The molecule has 0 bridgehead atoms. The van der Waals surface area contributed by atoms with Crippen molar-refractivity contribution < 1.29 is 19.1 Å². The molecule has 1 amide bonds. The van der Waals surface area contributed by atoms with Crippen molar-refractivity contribution in [2.45, 2.75) is 139 Å². The van der Waals surface area contributed by atoms with Gasteiger partial charge in [0.1, 0.15) is 23.5 Å². The topological polar surface area (TPSA) is 116 Å². The first-order valence-electron chi connectivity index (χ1n) is 22.2. The van der Waals surface area contributed by atoms with Crippen molar-refractivity contribution in [3.8, 4) is 11.3 Å². The van der Waals surface area contributed by atoms with Gasteiger partial charge in [-0.2, -0.15) is 0 Å². The summed E-state index contributed by atoms with van der Waals surface area (Å²) in [4.78, 5) is 45.3. The SMILES string of the molecule is Cc1cc(C)cc(-c2c(C(C)CNCCc3cnc4c(c3)ncn4COCC[Si](C)(C)C)c3cc(C(C)(C)C(=O)N(CC(C)C)CC(C)C)cnc3n2C(=O)OC(C)(C)C)c1. The summed E-state index contributed by atoms with van der Waals surface area (Å²) in [6.07, 6.45) is 5.79. The number of aromatic nitrogens is 5. The van der Waals surface area contributed by atoms with Crippen molar-refractivity contribution in [1.29, 1.82) is 0 Å². The molecule has 1 atom stereocenters. The summed E-state index contributed by atoms with van der Waals surface area (Å²) in [5, 5.41) is 4.55. The van der Waals surface area contributed by atoms with Crippen LogP contribution in [0.1, 0.15) is 103 Å². The molecule has 1 unspecified atom stereocenters. The number of nitrogens with one attached hydrogen (secondary N) is 1. The number of aryl methyl sites for hydroxylation is 2. The van der Waals surface area contributed by atoms with Gasteiger partial charge in [0.25, 0.3) is 0 Å². The van der Waals surface area contributed by atoms with Gasteiger partial charge in [0, 0.05) is 52.1 Å². The van der Waals surface area contributed by atoms with Gasteiger partial charge in [0.05, 0.1) is 17.4 Å². The predicted molar refractivity (Wildman–Crippen MR) is 252 cm³/mol. The number of fused-ring (bicyclic) bond motifs is 2. The molecule has 4 aromatic heterocycles. The molecule has 5 aromatic rings. The lowest BCUT2D eigenvalue weighted by Gasteiger charge is -2.34. The molecular formula is C49H73N7O4Si. The van der Waals surface area contributed by atoms with Crippen molar-refractivity contribution in [2.24, 2.45) is 11.8 Å².